The van der Waals surface area contributed by atoms with E-state index in [1.165, 1.54) is 11.5 Å². The van der Waals surface area contributed by atoms with Gasteiger partial charge in [-0.05, 0) is 30.9 Å². The first-order valence-electron chi connectivity index (χ1n) is 4.50. The second-order valence-electron chi connectivity index (χ2n) is 3.32. The molecule has 15 heavy (non-hydrogen) atoms. The molecule has 0 fully saturated rings. The molecule has 0 aliphatic heterocycles. The summed E-state index contributed by atoms with van der Waals surface area (Å²) >= 11 is 1.21. The number of fused-ring (bicyclic) bond motifs is 1. The van der Waals surface area contributed by atoms with Crippen LogP contribution in [0.1, 0.15) is 27.3 Å². The summed E-state index contributed by atoms with van der Waals surface area (Å²) in [7, 11) is 0. The smallest absolute Gasteiger partial charge is 0.170 e. The van der Waals surface area contributed by atoms with Gasteiger partial charge in [-0.1, -0.05) is 0 Å². The molecular formula is C10H10N2O2S. The molecular weight excluding hydrogens is 212 g/mol. The largest absolute Gasteiger partial charge is 0.392 e. The van der Waals surface area contributed by atoms with E-state index < -0.39 is 0 Å². The predicted molar refractivity (Wildman–Crippen MR) is 58.2 cm³/mol. The van der Waals surface area contributed by atoms with Crippen molar-refractivity contribution < 1.29 is 9.90 Å². The van der Waals surface area contributed by atoms with Gasteiger partial charge in [-0.25, -0.2) is 4.98 Å². The lowest BCUT2D eigenvalue weighted by Gasteiger charge is -2.06. The number of rotatable bonds is 2. The van der Waals surface area contributed by atoms with Crippen molar-refractivity contribution in [1.29, 1.82) is 0 Å². The van der Waals surface area contributed by atoms with E-state index in [0.717, 1.165) is 33.3 Å². The van der Waals surface area contributed by atoms with E-state index in [4.69, 9.17) is 0 Å². The minimum absolute atomic E-state index is 0.0608. The zero-order chi connectivity index (χ0) is 11.0. The molecule has 5 heteroatoms. The maximum absolute atomic E-state index is 10.8. The van der Waals surface area contributed by atoms with Crippen LogP contribution in [0.25, 0.3) is 10.2 Å². The number of hydrogen-bond donors (Lipinski definition) is 1. The van der Waals surface area contributed by atoms with Crippen LogP contribution in [0.5, 0.6) is 0 Å². The maximum atomic E-state index is 10.8. The lowest BCUT2D eigenvalue weighted by Crippen LogP contribution is -1.97. The maximum Gasteiger partial charge on any atom is 0.170 e. The first kappa shape index (κ1) is 10.2. The topological polar surface area (TPSA) is 63.1 Å². The standard InChI is InChI=1S/C10H10N2O2S/c1-5-7(3-13)6(2)11-10-9(5)8(4-14)12-15-10/h4,13H,3H2,1-2H3. The Bertz CT molecular complexity index is 534. The fourth-order valence-electron chi connectivity index (χ4n) is 1.68. The molecule has 4 nitrogen and oxygen atoms in total. The zero-order valence-electron chi connectivity index (χ0n) is 8.44. The average molecular weight is 222 g/mol. The molecule has 0 atom stereocenters. The van der Waals surface area contributed by atoms with E-state index in [1.54, 1.807) is 0 Å². The Morgan fingerprint density at radius 3 is 2.80 bits per heavy atom. The number of aromatic nitrogens is 2. The molecule has 0 bridgehead atoms. The highest BCUT2D eigenvalue weighted by atomic mass is 32.1. The van der Waals surface area contributed by atoms with Gasteiger partial charge in [0.1, 0.15) is 10.5 Å². The first-order chi connectivity index (χ1) is 7.19. The van der Waals surface area contributed by atoms with Gasteiger partial charge < -0.3 is 5.11 Å². The third-order valence-corrected chi connectivity index (χ3v) is 3.26. The molecule has 0 radical (unpaired) electrons. The predicted octanol–water partition coefficient (Wildman–Crippen LogP) is 1.61. The molecule has 2 heterocycles. The summed E-state index contributed by atoms with van der Waals surface area (Å²) in [4.78, 5) is 15.8. The zero-order valence-corrected chi connectivity index (χ0v) is 9.26. The van der Waals surface area contributed by atoms with Crippen molar-refractivity contribution in [2.75, 3.05) is 0 Å². The van der Waals surface area contributed by atoms with Crippen LogP contribution in [-0.4, -0.2) is 20.8 Å². The van der Waals surface area contributed by atoms with E-state index in [1.807, 2.05) is 13.8 Å². The number of nitrogens with zero attached hydrogens (tertiary/aromatic N) is 2. The number of carbonyl (C=O) groups excluding carboxylic acids is 1. The summed E-state index contributed by atoms with van der Waals surface area (Å²) in [6.45, 7) is 3.66. The van der Waals surface area contributed by atoms with E-state index in [-0.39, 0.29) is 6.61 Å². The van der Waals surface area contributed by atoms with Crippen LogP contribution in [0, 0.1) is 13.8 Å². The number of carbonyl (C=O) groups is 1. The minimum atomic E-state index is -0.0608. The Balaban J connectivity index is 2.89. The van der Waals surface area contributed by atoms with Crippen LogP contribution in [0.4, 0.5) is 0 Å². The highest BCUT2D eigenvalue weighted by Gasteiger charge is 2.14. The second kappa shape index (κ2) is 3.67. The van der Waals surface area contributed by atoms with Crippen LogP contribution in [0.2, 0.25) is 0 Å². The Morgan fingerprint density at radius 1 is 1.47 bits per heavy atom. The van der Waals surface area contributed by atoms with Gasteiger partial charge in [-0.2, -0.15) is 4.37 Å². The minimum Gasteiger partial charge on any atom is -0.392 e. The molecule has 0 amide bonds. The highest BCUT2D eigenvalue weighted by Crippen LogP contribution is 2.27. The summed E-state index contributed by atoms with van der Waals surface area (Å²) in [5.41, 5.74) is 2.89. The van der Waals surface area contributed by atoms with E-state index >= 15 is 0 Å². The van der Waals surface area contributed by atoms with Crippen molar-refractivity contribution in [3.63, 3.8) is 0 Å². The molecule has 2 rings (SSSR count). The number of aldehydes is 1. The summed E-state index contributed by atoms with van der Waals surface area (Å²) in [6.07, 6.45) is 0.726. The normalized spacial score (nSPS) is 10.9. The van der Waals surface area contributed by atoms with Gasteiger partial charge in [0.2, 0.25) is 0 Å². The van der Waals surface area contributed by atoms with Gasteiger partial charge in [0, 0.05) is 16.6 Å². The number of aliphatic hydroxyl groups excluding tert-OH is 1. The van der Waals surface area contributed by atoms with Crippen LogP contribution in [0.3, 0.4) is 0 Å². The molecule has 1 N–H and O–H groups in total. The molecule has 2 aromatic heterocycles. The Morgan fingerprint density at radius 2 is 2.20 bits per heavy atom. The number of pyridine rings is 1. The van der Waals surface area contributed by atoms with Crippen molar-refractivity contribution in [2.45, 2.75) is 20.5 Å². The highest BCUT2D eigenvalue weighted by molar-refractivity contribution is 7.13. The van der Waals surface area contributed by atoms with Gasteiger partial charge >= 0.3 is 0 Å². The molecule has 78 valence electrons. The summed E-state index contributed by atoms with van der Waals surface area (Å²) < 4.78 is 4.02. The van der Waals surface area contributed by atoms with Crippen molar-refractivity contribution in [3.05, 3.63) is 22.5 Å². The summed E-state index contributed by atoms with van der Waals surface area (Å²) in [5, 5.41) is 9.98. The molecule has 0 aliphatic rings. The third kappa shape index (κ3) is 1.44. The van der Waals surface area contributed by atoms with Gasteiger partial charge in [-0.15, -0.1) is 0 Å². The molecule has 0 spiro atoms. The number of aryl methyl sites for hydroxylation is 2. The van der Waals surface area contributed by atoms with Crippen molar-refractivity contribution in [3.8, 4) is 0 Å². The van der Waals surface area contributed by atoms with E-state index in [0.29, 0.717) is 5.69 Å². The summed E-state index contributed by atoms with van der Waals surface area (Å²) in [6, 6.07) is 0. The van der Waals surface area contributed by atoms with Crippen LogP contribution < -0.4 is 0 Å². The fraction of sp³-hybridized carbons (Fsp3) is 0.300. The van der Waals surface area contributed by atoms with E-state index in [2.05, 4.69) is 9.36 Å². The average Bonchev–Trinajstić information content (AvgIpc) is 2.61. The molecule has 0 saturated heterocycles. The van der Waals surface area contributed by atoms with E-state index in [9.17, 15) is 9.90 Å². The van der Waals surface area contributed by atoms with Gasteiger partial charge in [0.05, 0.1) is 6.61 Å². The van der Waals surface area contributed by atoms with Gasteiger partial charge in [-0.3, -0.25) is 4.79 Å². The molecule has 2 aromatic rings. The Hall–Kier alpha value is -1.33. The quantitative estimate of drug-likeness (QED) is 0.784. The molecule has 0 aliphatic carbocycles. The Kier molecular flexibility index (Phi) is 2.50. The molecule has 0 aromatic carbocycles. The number of aliphatic hydroxyl groups is 1. The van der Waals surface area contributed by atoms with Crippen molar-refractivity contribution in [1.82, 2.24) is 9.36 Å². The lowest BCUT2D eigenvalue weighted by atomic mass is 10.0. The first-order valence-corrected chi connectivity index (χ1v) is 5.28. The van der Waals surface area contributed by atoms with Crippen LogP contribution >= 0.6 is 11.5 Å². The van der Waals surface area contributed by atoms with Crippen molar-refractivity contribution in [2.24, 2.45) is 0 Å². The van der Waals surface area contributed by atoms with Crippen molar-refractivity contribution >= 4 is 28.0 Å². The monoisotopic (exact) mass is 222 g/mol. The Labute approximate surface area is 90.7 Å². The van der Waals surface area contributed by atoms with Gasteiger partial charge in [0.15, 0.2) is 6.29 Å². The molecule has 0 unspecified atom stereocenters. The SMILES string of the molecule is Cc1nc2snc(C=O)c2c(C)c1CO. The number of hydrogen-bond acceptors (Lipinski definition) is 5. The van der Waals surface area contributed by atoms with Crippen LogP contribution in [-0.2, 0) is 6.61 Å². The van der Waals surface area contributed by atoms with Gasteiger partial charge in [0.25, 0.3) is 0 Å². The summed E-state index contributed by atoms with van der Waals surface area (Å²) in [5.74, 6) is 0. The second-order valence-corrected chi connectivity index (χ2v) is 4.08. The molecule has 0 saturated carbocycles. The third-order valence-electron chi connectivity index (χ3n) is 2.50. The lowest BCUT2D eigenvalue weighted by molar-refractivity contribution is 0.112. The van der Waals surface area contributed by atoms with Crippen LogP contribution in [0.15, 0.2) is 0 Å². The fourth-order valence-corrected chi connectivity index (χ4v) is 2.52.